The molecule has 1 aromatic carbocycles. The van der Waals surface area contributed by atoms with Crippen LogP contribution in [0.1, 0.15) is 71.1 Å². The first kappa shape index (κ1) is 21.5. The van der Waals surface area contributed by atoms with Crippen molar-refractivity contribution in [2.24, 2.45) is 35.5 Å². The summed E-state index contributed by atoms with van der Waals surface area (Å²) in [5, 5.41) is 0. The van der Waals surface area contributed by atoms with Gasteiger partial charge in [0.25, 0.3) is 0 Å². The van der Waals surface area contributed by atoms with Gasteiger partial charge in [0.15, 0.2) is 11.6 Å². The Morgan fingerprint density at radius 2 is 1.50 bits per heavy atom. The second kappa shape index (κ2) is 9.62. The van der Waals surface area contributed by atoms with E-state index in [1.54, 1.807) is 0 Å². The summed E-state index contributed by atoms with van der Waals surface area (Å²) in [4.78, 5) is 12.5. The minimum absolute atomic E-state index is 0.0906. The van der Waals surface area contributed by atoms with Crippen molar-refractivity contribution in [2.75, 3.05) is 0 Å². The summed E-state index contributed by atoms with van der Waals surface area (Å²) in [6.45, 7) is 2.13. The highest BCUT2D eigenvalue weighted by atomic mass is 19.2. The first-order chi connectivity index (χ1) is 14.5. The van der Waals surface area contributed by atoms with E-state index in [9.17, 15) is 13.6 Å². The van der Waals surface area contributed by atoms with Crippen molar-refractivity contribution in [3.63, 3.8) is 0 Å². The normalized spacial score (nSPS) is 34.5. The topological polar surface area (TPSA) is 26.3 Å². The van der Waals surface area contributed by atoms with E-state index >= 15 is 0 Å². The highest BCUT2D eigenvalue weighted by Crippen LogP contribution is 2.49. The van der Waals surface area contributed by atoms with Crippen LogP contribution >= 0.6 is 0 Å². The minimum atomic E-state index is -0.987. The minimum Gasteiger partial charge on any atom is -0.426 e. The van der Waals surface area contributed by atoms with Gasteiger partial charge in [0.1, 0.15) is 5.75 Å². The fourth-order valence-electron chi connectivity index (χ4n) is 6.40. The second-order valence-corrected chi connectivity index (χ2v) is 9.80. The van der Waals surface area contributed by atoms with Crippen LogP contribution in [0.5, 0.6) is 5.75 Å². The van der Waals surface area contributed by atoms with Crippen LogP contribution in [0.15, 0.2) is 30.4 Å². The average molecular weight is 417 g/mol. The van der Waals surface area contributed by atoms with E-state index in [1.165, 1.54) is 44.6 Å². The first-order valence-corrected chi connectivity index (χ1v) is 11.8. The Hall–Kier alpha value is -1.71. The van der Waals surface area contributed by atoms with Gasteiger partial charge in [-0.1, -0.05) is 12.2 Å². The molecule has 0 bridgehead atoms. The molecule has 4 unspecified atom stereocenters. The number of fused-ring (bicyclic) bond motifs is 1. The van der Waals surface area contributed by atoms with Crippen LogP contribution in [0.3, 0.4) is 0 Å². The van der Waals surface area contributed by atoms with Crippen molar-refractivity contribution >= 4 is 5.97 Å². The molecule has 30 heavy (non-hydrogen) atoms. The maximum absolute atomic E-state index is 13.3. The molecule has 0 N–H and O–H groups in total. The van der Waals surface area contributed by atoms with Gasteiger partial charge in [-0.2, -0.15) is 0 Å². The first-order valence-electron chi connectivity index (χ1n) is 11.8. The third-order valence-corrected chi connectivity index (χ3v) is 8.04. The Morgan fingerprint density at radius 3 is 2.20 bits per heavy atom. The quantitative estimate of drug-likeness (QED) is 0.298. The number of carbonyl (C=O) groups is 1. The molecule has 0 saturated heterocycles. The van der Waals surface area contributed by atoms with Crippen molar-refractivity contribution in [2.45, 2.75) is 71.1 Å². The molecule has 3 aliphatic carbocycles. The van der Waals surface area contributed by atoms with Crippen LogP contribution in [0.25, 0.3) is 0 Å². The van der Waals surface area contributed by atoms with Gasteiger partial charge >= 0.3 is 5.97 Å². The smallest absolute Gasteiger partial charge is 0.314 e. The molecular formula is C26H34F2O2. The molecule has 4 heteroatoms. The molecule has 164 valence electrons. The van der Waals surface area contributed by atoms with Crippen LogP contribution in [-0.4, -0.2) is 5.97 Å². The lowest BCUT2D eigenvalue weighted by molar-refractivity contribution is -0.140. The van der Waals surface area contributed by atoms with E-state index in [0.717, 1.165) is 67.4 Å². The van der Waals surface area contributed by atoms with Gasteiger partial charge in [0.05, 0.1) is 5.92 Å². The molecule has 1 aromatic rings. The molecule has 4 rings (SSSR count). The summed E-state index contributed by atoms with van der Waals surface area (Å²) >= 11 is 0. The van der Waals surface area contributed by atoms with E-state index in [-0.39, 0.29) is 17.6 Å². The SMILES string of the molecule is C/C=C/C1CCC2CC(C3CCC(C(=O)Oc4ccc(F)c(F)c4)CC3)CCC2C1. The second-order valence-electron chi connectivity index (χ2n) is 9.80. The molecule has 0 spiro atoms. The number of hydrogen-bond acceptors (Lipinski definition) is 2. The fraction of sp³-hybridized carbons (Fsp3) is 0.654. The number of halogens is 2. The Kier molecular flexibility index (Phi) is 6.90. The summed E-state index contributed by atoms with van der Waals surface area (Å²) < 4.78 is 31.7. The molecular weight excluding hydrogens is 382 g/mol. The highest BCUT2D eigenvalue weighted by molar-refractivity contribution is 5.75. The lowest BCUT2D eigenvalue weighted by Crippen LogP contribution is -2.35. The number of hydrogen-bond donors (Lipinski definition) is 0. The number of rotatable bonds is 4. The molecule has 0 heterocycles. The number of carbonyl (C=O) groups excluding carboxylic acids is 1. The monoisotopic (exact) mass is 416 g/mol. The summed E-state index contributed by atoms with van der Waals surface area (Å²) in [7, 11) is 0. The summed E-state index contributed by atoms with van der Waals surface area (Å²) in [6.07, 6.45) is 16.7. The van der Waals surface area contributed by atoms with Crippen molar-refractivity contribution in [3.8, 4) is 5.75 Å². The molecule has 2 nitrogen and oxygen atoms in total. The predicted octanol–water partition coefficient (Wildman–Crippen LogP) is 7.09. The number of esters is 1. The Morgan fingerprint density at radius 1 is 0.867 bits per heavy atom. The summed E-state index contributed by atoms with van der Waals surface area (Å²) in [5.41, 5.74) is 0. The third-order valence-electron chi connectivity index (χ3n) is 8.04. The van der Waals surface area contributed by atoms with Gasteiger partial charge < -0.3 is 4.74 Å². The third kappa shape index (κ3) is 4.95. The Bertz CT molecular complexity index is 766. The summed E-state index contributed by atoms with van der Waals surface area (Å²) in [5.74, 6) is 1.91. The van der Waals surface area contributed by atoms with Gasteiger partial charge in [-0.25, -0.2) is 8.78 Å². The summed E-state index contributed by atoms with van der Waals surface area (Å²) in [6, 6.07) is 3.25. The van der Waals surface area contributed by atoms with E-state index in [1.807, 2.05) is 0 Å². The predicted molar refractivity (Wildman–Crippen MR) is 114 cm³/mol. The average Bonchev–Trinajstić information content (AvgIpc) is 2.76. The van der Waals surface area contributed by atoms with Crippen molar-refractivity contribution in [1.82, 2.24) is 0 Å². The van der Waals surface area contributed by atoms with Gasteiger partial charge in [-0.15, -0.1) is 0 Å². The van der Waals surface area contributed by atoms with E-state index in [0.29, 0.717) is 0 Å². The Labute approximate surface area is 179 Å². The van der Waals surface area contributed by atoms with Crippen molar-refractivity contribution in [1.29, 1.82) is 0 Å². The van der Waals surface area contributed by atoms with Crippen LogP contribution in [-0.2, 0) is 4.79 Å². The lowest BCUT2D eigenvalue weighted by Gasteiger charge is -2.45. The van der Waals surface area contributed by atoms with Gasteiger partial charge in [0.2, 0.25) is 0 Å². The van der Waals surface area contributed by atoms with E-state index in [4.69, 9.17) is 4.74 Å². The lowest BCUT2D eigenvalue weighted by atomic mass is 9.61. The van der Waals surface area contributed by atoms with Crippen LogP contribution < -0.4 is 4.74 Å². The van der Waals surface area contributed by atoms with Gasteiger partial charge in [-0.05, 0) is 113 Å². The van der Waals surface area contributed by atoms with Crippen LogP contribution in [0.2, 0.25) is 0 Å². The molecule has 0 radical (unpaired) electrons. The highest BCUT2D eigenvalue weighted by Gasteiger charge is 2.39. The van der Waals surface area contributed by atoms with Gasteiger partial charge in [0, 0.05) is 6.07 Å². The van der Waals surface area contributed by atoms with Crippen molar-refractivity contribution < 1.29 is 18.3 Å². The zero-order chi connectivity index (χ0) is 21.1. The van der Waals surface area contributed by atoms with Crippen LogP contribution in [0, 0.1) is 47.1 Å². The van der Waals surface area contributed by atoms with Crippen molar-refractivity contribution in [3.05, 3.63) is 42.0 Å². The zero-order valence-electron chi connectivity index (χ0n) is 18.0. The number of ether oxygens (including phenoxy) is 1. The zero-order valence-corrected chi connectivity index (χ0v) is 18.0. The molecule has 3 saturated carbocycles. The molecule has 0 amide bonds. The number of allylic oxidation sites excluding steroid dienone is 2. The largest absolute Gasteiger partial charge is 0.426 e. The molecule has 0 aliphatic heterocycles. The van der Waals surface area contributed by atoms with Gasteiger partial charge in [-0.3, -0.25) is 4.79 Å². The maximum atomic E-state index is 13.3. The van der Waals surface area contributed by atoms with Crippen LogP contribution in [0.4, 0.5) is 8.78 Å². The Balaban J connectivity index is 1.25. The number of benzene rings is 1. The molecule has 0 aromatic heterocycles. The van der Waals surface area contributed by atoms with E-state index in [2.05, 4.69) is 19.1 Å². The molecule has 3 fully saturated rings. The maximum Gasteiger partial charge on any atom is 0.314 e. The van der Waals surface area contributed by atoms with E-state index < -0.39 is 11.6 Å². The molecule has 4 atom stereocenters. The fourth-order valence-corrected chi connectivity index (χ4v) is 6.40. The standard InChI is InChI=1S/C26H34F2O2/c1-2-3-17-4-5-22-15-21(11-10-20(22)14-17)18-6-8-19(9-7-18)26(29)30-23-12-13-24(27)25(28)16-23/h2-3,12-13,16-22H,4-11,14-15H2,1H3/b3-2+. The molecule has 3 aliphatic rings.